The Morgan fingerprint density at radius 2 is 1.81 bits per heavy atom. The number of carbonyl (C=O) groups excluding carboxylic acids is 2. The van der Waals surface area contributed by atoms with Crippen molar-refractivity contribution in [2.24, 2.45) is 0 Å². The molecule has 2 rings (SSSR count). The Bertz CT molecular complexity index is 1080. The summed E-state index contributed by atoms with van der Waals surface area (Å²) in [7, 11) is -2.38. The molecule has 0 spiro atoms. The first-order chi connectivity index (χ1) is 14.4. The Morgan fingerprint density at radius 1 is 1.13 bits per heavy atom. The summed E-state index contributed by atoms with van der Waals surface area (Å²) in [5.41, 5.74) is 1.95. The standard InChI is InChI=1S/C21H25Cl2N3O4S/c1-14-6-5-7-16(10-14)12-25(15(2)21(28)24-3)20(27)13-26(31(4,29)30)19-9-8-17(22)11-18(19)23/h5-11,15H,12-13H2,1-4H3,(H,24,28)/t15-/m0/s1. The highest BCUT2D eigenvalue weighted by Gasteiger charge is 2.30. The van der Waals surface area contributed by atoms with Crippen molar-refractivity contribution in [1.29, 1.82) is 0 Å². The molecule has 1 atom stereocenters. The van der Waals surface area contributed by atoms with Gasteiger partial charge in [0.2, 0.25) is 21.8 Å². The average Bonchev–Trinajstić information content (AvgIpc) is 2.68. The summed E-state index contributed by atoms with van der Waals surface area (Å²) in [5.74, 6) is -0.912. The molecule has 0 bridgehead atoms. The second-order valence-corrected chi connectivity index (χ2v) is 9.92. The van der Waals surface area contributed by atoms with Crippen LogP contribution in [0.2, 0.25) is 10.0 Å². The van der Waals surface area contributed by atoms with Crippen LogP contribution in [0.5, 0.6) is 0 Å². The molecule has 0 saturated heterocycles. The molecule has 2 aromatic rings. The van der Waals surface area contributed by atoms with Gasteiger partial charge in [0.25, 0.3) is 0 Å². The van der Waals surface area contributed by atoms with E-state index in [-0.39, 0.29) is 23.2 Å². The predicted molar refractivity (Wildman–Crippen MR) is 124 cm³/mol. The van der Waals surface area contributed by atoms with Gasteiger partial charge in [0.15, 0.2) is 0 Å². The zero-order chi connectivity index (χ0) is 23.3. The number of nitrogens with one attached hydrogen (secondary N) is 1. The van der Waals surface area contributed by atoms with Crippen molar-refractivity contribution < 1.29 is 18.0 Å². The molecular weight excluding hydrogens is 461 g/mol. The Kier molecular flexibility index (Phi) is 8.34. The molecule has 10 heteroatoms. The van der Waals surface area contributed by atoms with Gasteiger partial charge in [-0.15, -0.1) is 0 Å². The van der Waals surface area contributed by atoms with E-state index >= 15 is 0 Å². The molecule has 0 unspecified atom stereocenters. The van der Waals surface area contributed by atoms with Gasteiger partial charge in [0, 0.05) is 18.6 Å². The van der Waals surface area contributed by atoms with E-state index in [2.05, 4.69) is 5.32 Å². The number of carbonyl (C=O) groups is 2. The molecule has 0 aliphatic heterocycles. The van der Waals surface area contributed by atoms with Crippen LogP contribution in [0.1, 0.15) is 18.1 Å². The first kappa shape index (κ1) is 25.0. The quantitative estimate of drug-likeness (QED) is 0.621. The molecule has 0 fully saturated rings. The fraction of sp³-hybridized carbons (Fsp3) is 0.333. The van der Waals surface area contributed by atoms with Crippen LogP contribution >= 0.6 is 23.2 Å². The van der Waals surface area contributed by atoms with Crippen LogP contribution in [0.25, 0.3) is 0 Å². The molecule has 0 saturated carbocycles. The Morgan fingerprint density at radius 3 is 2.35 bits per heavy atom. The number of halogens is 2. The number of sulfonamides is 1. The topological polar surface area (TPSA) is 86.8 Å². The van der Waals surface area contributed by atoms with Crippen molar-refractivity contribution in [3.05, 3.63) is 63.6 Å². The van der Waals surface area contributed by atoms with Crippen LogP contribution in [0, 0.1) is 6.92 Å². The van der Waals surface area contributed by atoms with E-state index < -0.39 is 28.5 Å². The number of hydrogen-bond donors (Lipinski definition) is 1. The molecular formula is C21H25Cl2N3O4S. The number of anilines is 1. The van der Waals surface area contributed by atoms with E-state index in [1.54, 1.807) is 6.92 Å². The van der Waals surface area contributed by atoms with Crippen molar-refractivity contribution in [2.45, 2.75) is 26.4 Å². The fourth-order valence-electron chi connectivity index (χ4n) is 3.08. The molecule has 31 heavy (non-hydrogen) atoms. The normalized spacial score (nSPS) is 12.2. The van der Waals surface area contributed by atoms with E-state index in [0.29, 0.717) is 5.02 Å². The molecule has 0 aliphatic rings. The number of hydrogen-bond acceptors (Lipinski definition) is 4. The number of aryl methyl sites for hydroxylation is 1. The summed E-state index contributed by atoms with van der Waals surface area (Å²) in [5, 5.41) is 2.96. The molecule has 2 amide bonds. The molecule has 0 heterocycles. The van der Waals surface area contributed by atoms with Gasteiger partial charge in [0.05, 0.1) is 17.0 Å². The van der Waals surface area contributed by atoms with Crippen molar-refractivity contribution in [1.82, 2.24) is 10.2 Å². The Labute approximate surface area is 193 Å². The number of likely N-dealkylation sites (N-methyl/N-ethyl adjacent to an activating group) is 1. The van der Waals surface area contributed by atoms with Gasteiger partial charge in [-0.2, -0.15) is 0 Å². The van der Waals surface area contributed by atoms with Gasteiger partial charge in [-0.3, -0.25) is 13.9 Å². The SMILES string of the molecule is CNC(=O)[C@H](C)N(Cc1cccc(C)c1)C(=O)CN(c1ccc(Cl)cc1Cl)S(C)(=O)=O. The van der Waals surface area contributed by atoms with Gasteiger partial charge in [-0.05, 0) is 37.6 Å². The third kappa shape index (κ3) is 6.59. The summed E-state index contributed by atoms with van der Waals surface area (Å²) in [6, 6.07) is 11.0. The van der Waals surface area contributed by atoms with Gasteiger partial charge in [-0.25, -0.2) is 8.42 Å². The monoisotopic (exact) mass is 485 g/mol. The maximum absolute atomic E-state index is 13.3. The van der Waals surface area contributed by atoms with Gasteiger partial charge >= 0.3 is 0 Å². The highest BCUT2D eigenvalue weighted by atomic mass is 35.5. The molecule has 7 nitrogen and oxygen atoms in total. The number of rotatable bonds is 8. The zero-order valence-electron chi connectivity index (χ0n) is 17.7. The highest BCUT2D eigenvalue weighted by molar-refractivity contribution is 7.92. The lowest BCUT2D eigenvalue weighted by molar-refractivity contribution is -0.139. The highest BCUT2D eigenvalue weighted by Crippen LogP contribution is 2.30. The van der Waals surface area contributed by atoms with E-state index in [1.165, 1.54) is 30.1 Å². The molecule has 0 radical (unpaired) electrons. The summed E-state index contributed by atoms with van der Waals surface area (Å²) in [6.07, 6.45) is 0.984. The van der Waals surface area contributed by atoms with Crippen LogP contribution in [0.4, 0.5) is 5.69 Å². The minimum Gasteiger partial charge on any atom is -0.357 e. The van der Waals surface area contributed by atoms with Crippen molar-refractivity contribution >= 4 is 50.7 Å². The molecule has 0 aliphatic carbocycles. The molecule has 1 N–H and O–H groups in total. The smallest absolute Gasteiger partial charge is 0.244 e. The van der Waals surface area contributed by atoms with Crippen molar-refractivity contribution in [3.63, 3.8) is 0 Å². The number of nitrogens with zero attached hydrogens (tertiary/aromatic N) is 2. The molecule has 168 valence electrons. The third-order valence-corrected chi connectivity index (χ3v) is 6.37. The first-order valence-corrected chi connectivity index (χ1v) is 12.0. The lowest BCUT2D eigenvalue weighted by Crippen LogP contribution is -2.50. The van der Waals surface area contributed by atoms with Crippen molar-refractivity contribution in [3.8, 4) is 0 Å². The lowest BCUT2D eigenvalue weighted by Gasteiger charge is -2.31. The van der Waals surface area contributed by atoms with Crippen LogP contribution in [0.15, 0.2) is 42.5 Å². The number of benzene rings is 2. The maximum Gasteiger partial charge on any atom is 0.244 e. The van der Waals surface area contributed by atoms with Crippen LogP contribution < -0.4 is 9.62 Å². The van der Waals surface area contributed by atoms with Gasteiger partial charge < -0.3 is 10.2 Å². The van der Waals surface area contributed by atoms with E-state index in [4.69, 9.17) is 23.2 Å². The second-order valence-electron chi connectivity index (χ2n) is 7.17. The first-order valence-electron chi connectivity index (χ1n) is 9.43. The largest absolute Gasteiger partial charge is 0.357 e. The average molecular weight is 486 g/mol. The molecule has 0 aromatic heterocycles. The summed E-state index contributed by atoms with van der Waals surface area (Å²) < 4.78 is 25.9. The minimum absolute atomic E-state index is 0.0929. The maximum atomic E-state index is 13.3. The van der Waals surface area contributed by atoms with Crippen LogP contribution in [0.3, 0.4) is 0 Å². The third-order valence-electron chi connectivity index (χ3n) is 4.71. The Balaban J connectivity index is 2.42. The van der Waals surface area contributed by atoms with E-state index in [0.717, 1.165) is 21.7 Å². The lowest BCUT2D eigenvalue weighted by atomic mass is 10.1. The van der Waals surface area contributed by atoms with Crippen LogP contribution in [-0.4, -0.2) is 51.0 Å². The van der Waals surface area contributed by atoms with E-state index in [9.17, 15) is 18.0 Å². The van der Waals surface area contributed by atoms with Gasteiger partial charge in [-0.1, -0.05) is 53.0 Å². The Hall–Kier alpha value is -2.29. The summed E-state index contributed by atoms with van der Waals surface area (Å²) in [4.78, 5) is 26.9. The minimum atomic E-state index is -3.86. The molecule has 2 aromatic carbocycles. The number of amides is 2. The zero-order valence-corrected chi connectivity index (χ0v) is 20.1. The predicted octanol–water partition coefficient (Wildman–Crippen LogP) is 3.23. The fourth-order valence-corrected chi connectivity index (χ4v) is 4.50. The van der Waals surface area contributed by atoms with Gasteiger partial charge in [0.1, 0.15) is 12.6 Å². The second kappa shape index (κ2) is 10.3. The summed E-state index contributed by atoms with van der Waals surface area (Å²) >= 11 is 12.1. The van der Waals surface area contributed by atoms with Crippen LogP contribution in [-0.2, 0) is 26.2 Å². The van der Waals surface area contributed by atoms with Crippen molar-refractivity contribution in [2.75, 3.05) is 24.2 Å². The van der Waals surface area contributed by atoms with E-state index in [1.807, 2.05) is 31.2 Å². The summed E-state index contributed by atoms with van der Waals surface area (Å²) in [6.45, 7) is 3.13.